The second kappa shape index (κ2) is 8.40. The molecule has 0 aliphatic carbocycles. The molecule has 31 heavy (non-hydrogen) atoms. The maximum Gasteiger partial charge on any atom is 0.409 e. The van der Waals surface area contributed by atoms with Gasteiger partial charge in [-0.1, -0.05) is 12.1 Å². The zero-order valence-corrected chi connectivity index (χ0v) is 19.1. The molecule has 0 N–H and O–H groups in total. The summed E-state index contributed by atoms with van der Waals surface area (Å²) in [6, 6.07) is 7.41. The van der Waals surface area contributed by atoms with Crippen LogP contribution in [-0.2, 0) is 25.6 Å². The zero-order chi connectivity index (χ0) is 23.0. The third-order valence-electron chi connectivity index (χ3n) is 6.22. The van der Waals surface area contributed by atoms with Gasteiger partial charge in [0.2, 0.25) is 5.91 Å². The molecule has 3 rings (SSSR count). The molecule has 8 nitrogen and oxygen atoms in total. The number of hydrogen-bond acceptors (Lipinski definition) is 6. The summed E-state index contributed by atoms with van der Waals surface area (Å²) < 4.78 is 15.8. The lowest BCUT2D eigenvalue weighted by Gasteiger charge is -2.41. The van der Waals surface area contributed by atoms with E-state index in [0.29, 0.717) is 18.7 Å². The molecule has 0 spiro atoms. The molecule has 3 atom stereocenters. The molecule has 0 bridgehead atoms. The Morgan fingerprint density at radius 3 is 2.35 bits per heavy atom. The Kier molecular flexibility index (Phi) is 6.21. The van der Waals surface area contributed by atoms with Crippen molar-refractivity contribution in [2.75, 3.05) is 27.3 Å². The van der Waals surface area contributed by atoms with Crippen LogP contribution in [0.25, 0.3) is 0 Å². The Morgan fingerprint density at radius 2 is 1.81 bits per heavy atom. The third kappa shape index (κ3) is 4.34. The zero-order valence-electron chi connectivity index (χ0n) is 19.1. The Hall–Kier alpha value is -2.77. The van der Waals surface area contributed by atoms with Gasteiger partial charge in [0.1, 0.15) is 16.9 Å². The number of carbonyl (C=O) groups excluding carboxylic acids is 3. The predicted octanol–water partition coefficient (Wildman–Crippen LogP) is 2.84. The number of methoxy groups -OCH3 is 2. The molecule has 0 saturated carbocycles. The Bertz CT molecular complexity index is 847. The monoisotopic (exact) mass is 432 g/mol. The van der Waals surface area contributed by atoms with Gasteiger partial charge in [-0.05, 0) is 51.8 Å². The summed E-state index contributed by atoms with van der Waals surface area (Å²) in [5.74, 6) is -0.588. The molecule has 2 saturated heterocycles. The van der Waals surface area contributed by atoms with E-state index in [1.807, 2.05) is 45.0 Å². The van der Waals surface area contributed by atoms with Crippen LogP contribution < -0.4 is 4.74 Å². The fraction of sp³-hybridized carbons (Fsp3) is 0.609. The highest BCUT2D eigenvalue weighted by Gasteiger charge is 2.62. The minimum absolute atomic E-state index is 0.150. The molecule has 0 aromatic heterocycles. The molecular weight excluding hydrogens is 400 g/mol. The third-order valence-corrected chi connectivity index (χ3v) is 6.22. The second-order valence-corrected chi connectivity index (χ2v) is 9.34. The molecule has 1 aromatic rings. The highest BCUT2D eigenvalue weighted by atomic mass is 16.6. The van der Waals surface area contributed by atoms with Gasteiger partial charge in [0.15, 0.2) is 0 Å². The van der Waals surface area contributed by atoms with E-state index in [4.69, 9.17) is 14.2 Å². The first-order valence-corrected chi connectivity index (χ1v) is 10.5. The largest absolute Gasteiger partial charge is 0.497 e. The molecule has 0 unspecified atom stereocenters. The van der Waals surface area contributed by atoms with Crippen molar-refractivity contribution >= 4 is 18.0 Å². The topological polar surface area (TPSA) is 85.4 Å². The first-order valence-electron chi connectivity index (χ1n) is 10.5. The molecule has 2 aliphatic rings. The standard InChI is InChI=1S/C23H32N2O6/c1-22(2,3)31-20(27)23(4)18-11-12-24(21(28)30-6)14-17(18)19(26)25(23)13-15-7-9-16(29-5)10-8-15/h7-10,17-18H,11-14H2,1-6H3/t17-,18+,23-/m1/s1. The highest BCUT2D eigenvalue weighted by molar-refractivity contribution is 5.94. The molecule has 2 aliphatic heterocycles. The van der Waals surface area contributed by atoms with Crippen LogP contribution in [0.1, 0.15) is 39.7 Å². The van der Waals surface area contributed by atoms with Crippen molar-refractivity contribution in [3.63, 3.8) is 0 Å². The minimum atomic E-state index is -1.13. The van der Waals surface area contributed by atoms with Crippen LogP contribution in [0.4, 0.5) is 4.79 Å². The van der Waals surface area contributed by atoms with E-state index >= 15 is 0 Å². The highest BCUT2D eigenvalue weighted by Crippen LogP contribution is 2.46. The van der Waals surface area contributed by atoms with E-state index in [-0.39, 0.29) is 24.9 Å². The minimum Gasteiger partial charge on any atom is -0.497 e. The number of rotatable bonds is 4. The van der Waals surface area contributed by atoms with Gasteiger partial charge in [-0.2, -0.15) is 0 Å². The van der Waals surface area contributed by atoms with Gasteiger partial charge in [-0.3, -0.25) is 4.79 Å². The first-order chi connectivity index (χ1) is 14.5. The molecule has 8 heteroatoms. The summed E-state index contributed by atoms with van der Waals surface area (Å²) in [7, 11) is 2.92. The van der Waals surface area contributed by atoms with Crippen molar-refractivity contribution < 1.29 is 28.6 Å². The van der Waals surface area contributed by atoms with Crippen molar-refractivity contribution in [2.24, 2.45) is 11.8 Å². The summed E-state index contributed by atoms with van der Waals surface area (Å²) >= 11 is 0. The number of benzene rings is 1. The number of likely N-dealkylation sites (tertiary alicyclic amines) is 2. The first kappa shape index (κ1) is 22.9. The van der Waals surface area contributed by atoms with Crippen LogP contribution in [0.3, 0.4) is 0 Å². The molecule has 2 amide bonds. The number of piperidine rings is 1. The van der Waals surface area contributed by atoms with E-state index in [0.717, 1.165) is 5.56 Å². The van der Waals surface area contributed by atoms with Gasteiger partial charge in [0.05, 0.1) is 20.1 Å². The van der Waals surface area contributed by atoms with Gasteiger partial charge < -0.3 is 24.0 Å². The van der Waals surface area contributed by atoms with E-state index in [9.17, 15) is 14.4 Å². The summed E-state index contributed by atoms with van der Waals surface area (Å²) in [4.78, 5) is 42.1. The number of ether oxygens (including phenoxy) is 3. The number of amides is 2. The van der Waals surface area contributed by atoms with Crippen molar-refractivity contribution in [1.82, 2.24) is 9.80 Å². The lowest BCUT2D eigenvalue weighted by atomic mass is 9.76. The lowest BCUT2D eigenvalue weighted by molar-refractivity contribution is -0.172. The molecule has 1 aromatic carbocycles. The average molecular weight is 433 g/mol. The fourth-order valence-electron chi connectivity index (χ4n) is 4.60. The van der Waals surface area contributed by atoms with E-state index in [2.05, 4.69) is 0 Å². The fourth-order valence-corrected chi connectivity index (χ4v) is 4.60. The summed E-state index contributed by atoms with van der Waals surface area (Å²) in [5.41, 5.74) is -0.927. The van der Waals surface area contributed by atoms with Crippen LogP contribution >= 0.6 is 0 Å². The van der Waals surface area contributed by atoms with Crippen LogP contribution in [0.2, 0.25) is 0 Å². The summed E-state index contributed by atoms with van der Waals surface area (Å²) in [5, 5.41) is 0. The number of esters is 1. The number of carbonyl (C=O) groups is 3. The number of fused-ring (bicyclic) bond motifs is 1. The van der Waals surface area contributed by atoms with Gasteiger partial charge in [0, 0.05) is 25.6 Å². The van der Waals surface area contributed by atoms with Crippen molar-refractivity contribution in [1.29, 1.82) is 0 Å². The predicted molar refractivity (Wildman–Crippen MR) is 113 cm³/mol. The second-order valence-electron chi connectivity index (χ2n) is 9.34. The van der Waals surface area contributed by atoms with Crippen LogP contribution in [0, 0.1) is 11.8 Å². The van der Waals surface area contributed by atoms with Crippen molar-refractivity contribution in [3.8, 4) is 5.75 Å². The van der Waals surface area contributed by atoms with Gasteiger partial charge >= 0.3 is 12.1 Å². The van der Waals surface area contributed by atoms with Gasteiger partial charge in [-0.25, -0.2) is 9.59 Å². The summed E-state index contributed by atoms with van der Waals surface area (Å²) in [6.45, 7) is 8.16. The number of hydrogen-bond donors (Lipinski definition) is 0. The van der Waals surface area contributed by atoms with E-state index in [1.165, 1.54) is 12.0 Å². The smallest absolute Gasteiger partial charge is 0.409 e. The quantitative estimate of drug-likeness (QED) is 0.680. The van der Waals surface area contributed by atoms with Crippen molar-refractivity contribution in [3.05, 3.63) is 29.8 Å². The molecule has 2 fully saturated rings. The Morgan fingerprint density at radius 1 is 1.16 bits per heavy atom. The SMILES string of the molecule is COC(=O)N1CC[C@H]2[C@@H](C1)C(=O)N(Cc1ccc(OC)cc1)[C@@]2(C)C(=O)OC(C)(C)C. The van der Waals surface area contributed by atoms with Crippen LogP contribution in [0.5, 0.6) is 5.75 Å². The molecule has 2 heterocycles. The maximum atomic E-state index is 13.5. The molecular formula is C23H32N2O6. The normalized spacial score (nSPS) is 25.8. The van der Waals surface area contributed by atoms with Crippen LogP contribution in [-0.4, -0.2) is 66.2 Å². The molecule has 0 radical (unpaired) electrons. The maximum absolute atomic E-state index is 13.5. The molecule has 170 valence electrons. The van der Waals surface area contributed by atoms with E-state index in [1.54, 1.807) is 18.9 Å². The average Bonchev–Trinajstić information content (AvgIpc) is 2.95. The van der Waals surface area contributed by atoms with E-state index < -0.39 is 29.1 Å². The van der Waals surface area contributed by atoms with Gasteiger partial charge in [0.25, 0.3) is 0 Å². The Balaban J connectivity index is 1.95. The Labute approximate surface area is 183 Å². The number of nitrogens with zero attached hydrogens (tertiary/aromatic N) is 2. The van der Waals surface area contributed by atoms with Crippen LogP contribution in [0.15, 0.2) is 24.3 Å². The van der Waals surface area contributed by atoms with Gasteiger partial charge in [-0.15, -0.1) is 0 Å². The lowest BCUT2D eigenvalue weighted by Crippen LogP contribution is -2.56. The summed E-state index contributed by atoms with van der Waals surface area (Å²) in [6.07, 6.45) is 0.0548. The van der Waals surface area contributed by atoms with Crippen molar-refractivity contribution in [2.45, 2.75) is 51.8 Å².